The van der Waals surface area contributed by atoms with Crippen molar-refractivity contribution in [3.05, 3.63) is 261 Å². The number of nitrogens with two attached hydrogens (primary N) is 3. The molecular formula is C60H48Br3Cl3N6O3. The van der Waals surface area contributed by atoms with Gasteiger partial charge in [0.2, 0.25) is 0 Å². The van der Waals surface area contributed by atoms with E-state index in [-0.39, 0.29) is 17.3 Å². The molecule has 0 heterocycles. The Kier molecular flexibility index (Phi) is 19.0. The van der Waals surface area contributed by atoms with Crippen molar-refractivity contribution >= 4 is 151 Å². The molecular weight excluding hydrogens is 1200 g/mol. The van der Waals surface area contributed by atoms with Crippen LogP contribution in [0.2, 0.25) is 15.1 Å². The number of carbonyl (C=O) groups excluding carboxylic acids is 3. The van der Waals surface area contributed by atoms with Gasteiger partial charge in [0, 0.05) is 63.9 Å². The van der Waals surface area contributed by atoms with E-state index in [1.807, 2.05) is 166 Å². The van der Waals surface area contributed by atoms with E-state index in [4.69, 9.17) is 52.0 Å². The average Bonchev–Trinajstić information content (AvgIpc) is 3.37. The van der Waals surface area contributed by atoms with Gasteiger partial charge in [0.1, 0.15) is 0 Å². The highest BCUT2D eigenvalue weighted by Crippen LogP contribution is 2.33. The van der Waals surface area contributed by atoms with Crippen LogP contribution in [0.1, 0.15) is 64.5 Å². The molecule has 0 amide bonds. The standard InChI is InChI=1S/3C20H16BrClN2O/c3*1-12-4-2-3-5-15(12)20(25)16-8-7-14(11-17(16)22)24-19-9-6-13(21)10-18(19)23/h3*2-11,24H,23H2,1H3. The number of hydrogen-bond donors (Lipinski definition) is 6. The molecule has 0 fully saturated rings. The van der Waals surface area contributed by atoms with Gasteiger partial charge >= 0.3 is 0 Å². The molecule has 0 unspecified atom stereocenters. The third-order valence-corrected chi connectivity index (χ3v) is 14.1. The molecule has 9 aromatic carbocycles. The average molecular weight is 1250 g/mol. The summed E-state index contributed by atoms with van der Waals surface area (Å²) < 4.78 is 2.73. The maximum atomic E-state index is 12.7. The van der Waals surface area contributed by atoms with Gasteiger partial charge in [0.25, 0.3) is 0 Å². The molecule has 75 heavy (non-hydrogen) atoms. The fourth-order valence-electron chi connectivity index (χ4n) is 7.66. The Morgan fingerprint density at radius 2 is 0.600 bits per heavy atom. The molecule has 0 radical (unpaired) electrons. The highest BCUT2D eigenvalue weighted by atomic mass is 79.9. The van der Waals surface area contributed by atoms with Crippen LogP contribution in [-0.2, 0) is 0 Å². The van der Waals surface area contributed by atoms with E-state index in [2.05, 4.69) is 63.7 Å². The first kappa shape index (κ1) is 55.8. The second kappa shape index (κ2) is 25.6. The molecule has 9 rings (SSSR count). The summed E-state index contributed by atoms with van der Waals surface area (Å²) in [6.45, 7) is 5.73. The number of hydrogen-bond acceptors (Lipinski definition) is 9. The van der Waals surface area contributed by atoms with Gasteiger partial charge in [-0.25, -0.2) is 0 Å². The number of carbonyl (C=O) groups is 3. The van der Waals surface area contributed by atoms with Crippen LogP contribution in [0.3, 0.4) is 0 Å². The number of ketones is 3. The Morgan fingerprint density at radius 3 is 0.827 bits per heavy atom. The lowest BCUT2D eigenvalue weighted by atomic mass is 9.99. The molecule has 0 spiro atoms. The van der Waals surface area contributed by atoms with Gasteiger partial charge in [-0.2, -0.15) is 0 Å². The second-order valence-electron chi connectivity index (χ2n) is 17.1. The van der Waals surface area contributed by atoms with Crippen molar-refractivity contribution in [1.29, 1.82) is 0 Å². The van der Waals surface area contributed by atoms with Crippen LogP contribution in [0.15, 0.2) is 195 Å². The first-order valence-corrected chi connectivity index (χ1v) is 26.5. The summed E-state index contributed by atoms with van der Waals surface area (Å²) in [4.78, 5) is 38.2. The Morgan fingerprint density at radius 1 is 0.347 bits per heavy atom. The molecule has 9 nitrogen and oxygen atoms in total. The highest BCUT2D eigenvalue weighted by molar-refractivity contribution is 9.11. The molecule has 15 heteroatoms. The molecule has 9 aromatic rings. The van der Waals surface area contributed by atoms with E-state index < -0.39 is 0 Å². The summed E-state index contributed by atoms with van der Waals surface area (Å²) in [6.07, 6.45) is 0. The zero-order chi connectivity index (χ0) is 53.9. The van der Waals surface area contributed by atoms with Gasteiger partial charge in [-0.05, 0) is 147 Å². The predicted octanol–water partition coefficient (Wildman–Crippen LogP) is 17.9. The van der Waals surface area contributed by atoms with Crippen molar-refractivity contribution in [3.63, 3.8) is 0 Å². The lowest BCUT2D eigenvalue weighted by Crippen LogP contribution is -2.05. The molecule has 9 N–H and O–H groups in total. The Labute approximate surface area is 476 Å². The second-order valence-corrected chi connectivity index (χ2v) is 21.1. The summed E-state index contributed by atoms with van der Waals surface area (Å²) in [5, 5.41) is 10.8. The molecule has 0 aliphatic rings. The van der Waals surface area contributed by atoms with E-state index in [0.29, 0.717) is 65.5 Å². The topological polar surface area (TPSA) is 165 Å². The van der Waals surface area contributed by atoms with Crippen molar-refractivity contribution in [2.24, 2.45) is 0 Å². The number of anilines is 9. The number of halogens is 6. The maximum absolute atomic E-state index is 12.7. The van der Waals surface area contributed by atoms with Crippen LogP contribution >= 0.6 is 82.6 Å². The van der Waals surface area contributed by atoms with Crippen LogP contribution in [0.25, 0.3) is 0 Å². The van der Waals surface area contributed by atoms with E-state index in [1.165, 1.54) is 0 Å². The SMILES string of the molecule is Cc1ccccc1C(=O)c1ccc(Nc2ccc(Br)cc2N)cc1Cl.Cc1ccccc1C(=O)c1ccc(Nc2ccc(Br)cc2N)cc1Cl.Cc1ccccc1C(=O)c1ccc(Nc2ccc(Br)cc2N)cc1Cl. The van der Waals surface area contributed by atoms with E-state index in [1.54, 1.807) is 36.4 Å². The first-order chi connectivity index (χ1) is 35.9. The van der Waals surface area contributed by atoms with Crippen molar-refractivity contribution in [2.75, 3.05) is 33.2 Å². The van der Waals surface area contributed by atoms with Crippen LogP contribution in [0.4, 0.5) is 51.2 Å². The zero-order valence-electron chi connectivity index (χ0n) is 40.5. The monoisotopic (exact) mass is 1240 g/mol. The van der Waals surface area contributed by atoms with E-state index >= 15 is 0 Å². The van der Waals surface area contributed by atoms with Gasteiger partial charge in [0.15, 0.2) is 17.3 Å². The summed E-state index contributed by atoms with van der Waals surface area (Å²) in [5.74, 6) is -0.256. The van der Waals surface area contributed by atoms with Gasteiger partial charge < -0.3 is 33.2 Å². The normalized spacial score (nSPS) is 10.5. The molecule has 0 atom stereocenters. The summed E-state index contributed by atoms with van der Waals surface area (Å²) >= 11 is 29.2. The fraction of sp³-hybridized carbons (Fsp3) is 0.0500. The van der Waals surface area contributed by atoms with Crippen molar-refractivity contribution in [1.82, 2.24) is 0 Å². The Bertz CT molecular complexity index is 3240. The minimum atomic E-state index is -0.0854. The highest BCUT2D eigenvalue weighted by Gasteiger charge is 2.18. The Balaban J connectivity index is 0.000000164. The number of nitrogens with one attached hydrogen (secondary N) is 3. The van der Waals surface area contributed by atoms with Gasteiger partial charge in [0.05, 0.1) is 49.2 Å². The lowest BCUT2D eigenvalue weighted by molar-refractivity contribution is 0.103. The number of nitrogen functional groups attached to an aromatic ring is 3. The number of rotatable bonds is 12. The lowest BCUT2D eigenvalue weighted by Gasteiger charge is -2.12. The van der Waals surface area contributed by atoms with Gasteiger partial charge in [-0.1, -0.05) is 155 Å². The minimum Gasteiger partial charge on any atom is -0.397 e. The molecule has 0 aliphatic heterocycles. The molecule has 378 valence electrons. The van der Waals surface area contributed by atoms with Crippen LogP contribution in [-0.4, -0.2) is 17.3 Å². The smallest absolute Gasteiger partial charge is 0.194 e. The number of benzene rings is 9. The third kappa shape index (κ3) is 14.5. The van der Waals surface area contributed by atoms with Crippen molar-refractivity contribution in [3.8, 4) is 0 Å². The van der Waals surface area contributed by atoms with Crippen LogP contribution < -0.4 is 33.2 Å². The quantitative estimate of drug-likeness (QED) is 0.0516. The van der Waals surface area contributed by atoms with Gasteiger partial charge in [-0.15, -0.1) is 0 Å². The maximum Gasteiger partial charge on any atom is 0.194 e. The van der Waals surface area contributed by atoms with E-state index in [9.17, 15) is 14.4 Å². The third-order valence-electron chi connectivity index (χ3n) is 11.7. The molecule has 0 saturated carbocycles. The van der Waals surface area contributed by atoms with Crippen molar-refractivity contribution in [2.45, 2.75) is 20.8 Å². The Hall–Kier alpha value is -6.90. The molecule has 0 aliphatic carbocycles. The largest absolute Gasteiger partial charge is 0.397 e. The zero-order valence-corrected chi connectivity index (χ0v) is 47.6. The predicted molar refractivity (Wildman–Crippen MR) is 324 cm³/mol. The summed E-state index contributed by atoms with van der Waals surface area (Å²) in [7, 11) is 0. The van der Waals surface area contributed by atoms with Crippen LogP contribution in [0.5, 0.6) is 0 Å². The molecule has 0 aromatic heterocycles. The van der Waals surface area contributed by atoms with Gasteiger partial charge in [-0.3, -0.25) is 14.4 Å². The van der Waals surface area contributed by atoms with Crippen LogP contribution in [0, 0.1) is 20.8 Å². The fourth-order valence-corrected chi connectivity index (χ4v) is 9.59. The number of aryl methyl sites for hydroxylation is 3. The van der Waals surface area contributed by atoms with E-state index in [0.717, 1.165) is 64.2 Å². The molecule has 0 saturated heterocycles. The first-order valence-electron chi connectivity index (χ1n) is 23.0. The summed E-state index contributed by atoms with van der Waals surface area (Å²) in [5.41, 5.74) is 30.6. The van der Waals surface area contributed by atoms with Crippen molar-refractivity contribution < 1.29 is 14.4 Å². The minimum absolute atomic E-state index is 0.0854. The summed E-state index contributed by atoms with van der Waals surface area (Å²) in [6, 6.07) is 55.0. The molecule has 0 bridgehead atoms.